The van der Waals surface area contributed by atoms with Gasteiger partial charge in [0, 0.05) is 5.92 Å². The van der Waals surface area contributed by atoms with Crippen LogP contribution in [0, 0.1) is 3.57 Å². The number of benzene rings is 1. The SMILES string of the molecule is COc1cccc(Cl)c1-c1nc(C2CC2)c(I)c(=O)[nH]1. The molecule has 3 rings (SSSR count). The molecule has 1 aromatic carbocycles. The van der Waals surface area contributed by atoms with Crippen molar-refractivity contribution in [2.45, 2.75) is 18.8 Å². The summed E-state index contributed by atoms with van der Waals surface area (Å²) < 4.78 is 5.98. The Labute approximate surface area is 134 Å². The Bertz CT molecular complexity index is 726. The normalized spacial score (nSPS) is 14.3. The lowest BCUT2D eigenvalue weighted by Crippen LogP contribution is -2.16. The molecule has 1 aliphatic carbocycles. The van der Waals surface area contributed by atoms with Crippen LogP contribution in [0.5, 0.6) is 5.75 Å². The Balaban J connectivity index is 2.23. The summed E-state index contributed by atoms with van der Waals surface area (Å²) in [7, 11) is 1.57. The van der Waals surface area contributed by atoms with Crippen molar-refractivity contribution in [1.82, 2.24) is 9.97 Å². The van der Waals surface area contributed by atoms with E-state index < -0.39 is 0 Å². The average molecular weight is 403 g/mol. The van der Waals surface area contributed by atoms with E-state index in [0.717, 1.165) is 18.5 Å². The number of methoxy groups -OCH3 is 1. The molecule has 1 heterocycles. The number of H-pyrrole nitrogens is 1. The number of rotatable bonds is 3. The van der Waals surface area contributed by atoms with Crippen LogP contribution >= 0.6 is 34.2 Å². The number of nitrogens with one attached hydrogen (secondary N) is 1. The van der Waals surface area contributed by atoms with E-state index in [-0.39, 0.29) is 5.56 Å². The van der Waals surface area contributed by atoms with Gasteiger partial charge in [-0.25, -0.2) is 4.98 Å². The maximum absolute atomic E-state index is 12.1. The zero-order chi connectivity index (χ0) is 14.3. The molecule has 0 saturated heterocycles. The minimum Gasteiger partial charge on any atom is -0.496 e. The largest absolute Gasteiger partial charge is 0.496 e. The molecule has 0 radical (unpaired) electrons. The van der Waals surface area contributed by atoms with E-state index in [1.807, 2.05) is 0 Å². The van der Waals surface area contributed by atoms with Gasteiger partial charge in [0.05, 0.1) is 27.0 Å². The number of ether oxygens (including phenoxy) is 1. The number of hydrogen-bond donors (Lipinski definition) is 1. The quantitative estimate of drug-likeness (QED) is 0.799. The third-order valence-electron chi connectivity index (χ3n) is 3.28. The fourth-order valence-corrected chi connectivity index (χ4v) is 3.08. The van der Waals surface area contributed by atoms with Crippen LogP contribution in [0.4, 0.5) is 0 Å². The minimum absolute atomic E-state index is 0.125. The van der Waals surface area contributed by atoms with Crippen LogP contribution in [0.2, 0.25) is 5.02 Å². The summed E-state index contributed by atoms with van der Waals surface area (Å²) in [6.07, 6.45) is 2.18. The number of aromatic amines is 1. The van der Waals surface area contributed by atoms with E-state index >= 15 is 0 Å². The Morgan fingerprint density at radius 2 is 2.20 bits per heavy atom. The van der Waals surface area contributed by atoms with Crippen molar-refractivity contribution in [2.75, 3.05) is 7.11 Å². The molecule has 6 heteroatoms. The second-order valence-corrected chi connectivity index (χ2v) is 6.19. The summed E-state index contributed by atoms with van der Waals surface area (Å²) in [4.78, 5) is 19.5. The van der Waals surface area contributed by atoms with Crippen LogP contribution in [0.25, 0.3) is 11.4 Å². The summed E-state index contributed by atoms with van der Waals surface area (Å²) in [5, 5.41) is 0.510. The zero-order valence-electron chi connectivity index (χ0n) is 10.7. The molecule has 0 amide bonds. The highest BCUT2D eigenvalue weighted by Crippen LogP contribution is 2.41. The number of halogens is 2. The van der Waals surface area contributed by atoms with Crippen LogP contribution < -0.4 is 10.3 Å². The fraction of sp³-hybridized carbons (Fsp3) is 0.286. The maximum atomic E-state index is 12.1. The van der Waals surface area contributed by atoms with Crippen LogP contribution in [0.15, 0.2) is 23.0 Å². The highest BCUT2D eigenvalue weighted by atomic mass is 127. The smallest absolute Gasteiger partial charge is 0.264 e. The van der Waals surface area contributed by atoms with Crippen molar-refractivity contribution < 1.29 is 4.74 Å². The summed E-state index contributed by atoms with van der Waals surface area (Å²) in [5.74, 6) is 1.47. The molecule has 2 aromatic rings. The van der Waals surface area contributed by atoms with E-state index in [0.29, 0.717) is 31.6 Å². The second kappa shape index (κ2) is 5.37. The average Bonchev–Trinajstić information content (AvgIpc) is 3.26. The predicted molar refractivity (Wildman–Crippen MR) is 86.5 cm³/mol. The van der Waals surface area contributed by atoms with Crippen LogP contribution in [-0.4, -0.2) is 17.1 Å². The Morgan fingerprint density at radius 3 is 2.85 bits per heavy atom. The molecule has 0 spiro atoms. The molecule has 0 bridgehead atoms. The number of hydrogen-bond acceptors (Lipinski definition) is 3. The van der Waals surface area contributed by atoms with Gasteiger partial charge < -0.3 is 9.72 Å². The van der Waals surface area contributed by atoms with E-state index in [9.17, 15) is 4.79 Å². The van der Waals surface area contributed by atoms with Gasteiger partial charge in [0.1, 0.15) is 11.6 Å². The third-order valence-corrected chi connectivity index (χ3v) is 4.64. The molecule has 104 valence electrons. The van der Waals surface area contributed by atoms with E-state index in [4.69, 9.17) is 16.3 Å². The Hall–Kier alpha value is -1.08. The molecular formula is C14H12ClIN2O2. The van der Waals surface area contributed by atoms with Gasteiger partial charge in [-0.15, -0.1) is 0 Å². The highest BCUT2D eigenvalue weighted by molar-refractivity contribution is 14.1. The lowest BCUT2D eigenvalue weighted by molar-refractivity contribution is 0.416. The molecule has 0 atom stereocenters. The molecule has 1 fully saturated rings. The summed E-state index contributed by atoms with van der Waals surface area (Å²) in [5.41, 5.74) is 1.37. The van der Waals surface area contributed by atoms with Crippen molar-refractivity contribution in [3.8, 4) is 17.1 Å². The third kappa shape index (κ3) is 2.44. The predicted octanol–water partition coefficient (Wildman–Crippen LogP) is 3.58. The van der Waals surface area contributed by atoms with E-state index in [2.05, 4.69) is 32.6 Å². The highest BCUT2D eigenvalue weighted by Gasteiger charge is 2.29. The van der Waals surface area contributed by atoms with Crippen molar-refractivity contribution in [1.29, 1.82) is 0 Å². The van der Waals surface area contributed by atoms with Crippen LogP contribution in [0.3, 0.4) is 0 Å². The van der Waals surface area contributed by atoms with Crippen molar-refractivity contribution >= 4 is 34.2 Å². The summed E-state index contributed by atoms with van der Waals surface area (Å²) in [6, 6.07) is 5.36. The van der Waals surface area contributed by atoms with Gasteiger partial charge in [-0.1, -0.05) is 17.7 Å². The summed E-state index contributed by atoms with van der Waals surface area (Å²) >= 11 is 8.29. The maximum Gasteiger partial charge on any atom is 0.264 e. The lowest BCUT2D eigenvalue weighted by Gasteiger charge is -2.11. The first-order valence-electron chi connectivity index (χ1n) is 6.24. The van der Waals surface area contributed by atoms with Crippen molar-refractivity contribution in [2.24, 2.45) is 0 Å². The molecule has 1 aliphatic rings. The fourth-order valence-electron chi connectivity index (χ4n) is 2.13. The molecule has 0 unspecified atom stereocenters. The van der Waals surface area contributed by atoms with E-state index in [1.54, 1.807) is 25.3 Å². The molecular weight excluding hydrogens is 391 g/mol. The molecule has 1 aromatic heterocycles. The first-order valence-corrected chi connectivity index (χ1v) is 7.70. The first-order chi connectivity index (χ1) is 9.61. The van der Waals surface area contributed by atoms with Crippen LogP contribution in [0.1, 0.15) is 24.5 Å². The molecule has 1 saturated carbocycles. The standard InChI is InChI=1S/C14H12ClIN2O2/c1-20-9-4-2-3-8(15)10(9)13-17-12(7-5-6-7)11(16)14(19)18-13/h2-4,7H,5-6H2,1H3,(H,17,18,19). The van der Waals surface area contributed by atoms with Gasteiger partial charge in [0.2, 0.25) is 0 Å². The van der Waals surface area contributed by atoms with Gasteiger partial charge in [-0.3, -0.25) is 4.79 Å². The van der Waals surface area contributed by atoms with Crippen molar-refractivity contribution in [3.05, 3.63) is 42.8 Å². The van der Waals surface area contributed by atoms with Gasteiger partial charge in [-0.2, -0.15) is 0 Å². The Kier molecular flexibility index (Phi) is 3.72. The summed E-state index contributed by atoms with van der Waals surface area (Å²) in [6.45, 7) is 0. The number of nitrogens with zero attached hydrogens (tertiary/aromatic N) is 1. The topological polar surface area (TPSA) is 55.0 Å². The van der Waals surface area contributed by atoms with E-state index in [1.165, 1.54) is 0 Å². The molecule has 20 heavy (non-hydrogen) atoms. The van der Waals surface area contributed by atoms with Crippen molar-refractivity contribution in [3.63, 3.8) is 0 Å². The second-order valence-electron chi connectivity index (χ2n) is 4.71. The number of aromatic nitrogens is 2. The van der Waals surface area contributed by atoms with Crippen LogP contribution in [-0.2, 0) is 0 Å². The lowest BCUT2D eigenvalue weighted by atomic mass is 10.1. The first kappa shape index (κ1) is 13.9. The van der Waals surface area contributed by atoms with Gasteiger partial charge >= 0.3 is 0 Å². The van der Waals surface area contributed by atoms with Gasteiger partial charge in [0.25, 0.3) is 5.56 Å². The van der Waals surface area contributed by atoms with Gasteiger partial charge in [-0.05, 0) is 47.6 Å². The molecule has 1 N–H and O–H groups in total. The molecule has 0 aliphatic heterocycles. The van der Waals surface area contributed by atoms with Gasteiger partial charge in [0.15, 0.2) is 0 Å². The zero-order valence-corrected chi connectivity index (χ0v) is 13.7. The molecule has 4 nitrogen and oxygen atoms in total. The monoisotopic (exact) mass is 402 g/mol. The Morgan fingerprint density at radius 1 is 1.45 bits per heavy atom. The minimum atomic E-state index is -0.125.